The maximum Gasteiger partial charge on any atom is 0.343 e. The number of nitrogens with two attached hydrogens (primary N) is 2. The molecule has 0 saturated heterocycles. The molecule has 184 valence electrons. The summed E-state index contributed by atoms with van der Waals surface area (Å²) in [5.74, 6) is -4.69. The minimum atomic E-state index is -1.66. The summed E-state index contributed by atoms with van der Waals surface area (Å²) in [5.41, 5.74) is 12.7. The number of carboxylic acid groups (broad SMARTS) is 2. The molecule has 2 aromatic rings. The van der Waals surface area contributed by atoms with Crippen molar-refractivity contribution >= 4 is 35.5 Å². The van der Waals surface area contributed by atoms with Gasteiger partial charge < -0.3 is 36.5 Å². The van der Waals surface area contributed by atoms with Crippen LogP contribution in [0.1, 0.15) is 44.7 Å². The number of hydrogen-bond donors (Lipinski definition) is 5. The summed E-state index contributed by atoms with van der Waals surface area (Å²) in [6.07, 6.45) is 0.0565. The molecule has 12 heteroatoms. The van der Waals surface area contributed by atoms with Crippen molar-refractivity contribution in [3.63, 3.8) is 0 Å². The van der Waals surface area contributed by atoms with Gasteiger partial charge in [-0.3, -0.25) is 9.59 Å². The van der Waals surface area contributed by atoms with Gasteiger partial charge in [-0.25, -0.2) is 14.6 Å². The topological polar surface area (TPSA) is 204 Å². The lowest BCUT2D eigenvalue weighted by atomic mass is 10.0. The van der Waals surface area contributed by atoms with Crippen LogP contribution < -0.4 is 26.3 Å². The maximum absolute atomic E-state index is 13.0. The molecule has 12 nitrogen and oxygen atoms in total. The summed E-state index contributed by atoms with van der Waals surface area (Å²) < 4.78 is 11.4. The molecule has 3 rings (SSSR count). The number of nitrogens with zero attached hydrogens (tertiary/aromatic N) is 1. The Morgan fingerprint density at radius 2 is 1.91 bits per heavy atom. The number of rotatable bonds is 6. The van der Waals surface area contributed by atoms with E-state index in [1.807, 2.05) is 0 Å². The molecule has 0 aliphatic carbocycles. The predicted octanol–water partition coefficient (Wildman–Crippen LogP) is 1.10. The van der Waals surface area contributed by atoms with Crippen LogP contribution in [-0.4, -0.2) is 52.6 Å². The van der Waals surface area contributed by atoms with Crippen LogP contribution in [0.15, 0.2) is 35.3 Å². The highest BCUT2D eigenvalue weighted by Gasteiger charge is 2.28. The van der Waals surface area contributed by atoms with Crippen LogP contribution in [0.3, 0.4) is 0 Å². The molecule has 0 bridgehead atoms. The number of amides is 1. The monoisotopic (exact) mass is 484 g/mol. The summed E-state index contributed by atoms with van der Waals surface area (Å²) in [6.45, 7) is 1.78. The second-order valence-corrected chi connectivity index (χ2v) is 7.82. The van der Waals surface area contributed by atoms with E-state index in [2.05, 4.69) is 10.3 Å². The minimum Gasteiger partial charge on any atom is -0.489 e. The number of aryl methyl sites for hydroxylation is 2. The highest BCUT2D eigenvalue weighted by atomic mass is 16.6. The van der Waals surface area contributed by atoms with Crippen molar-refractivity contribution in [2.75, 3.05) is 6.61 Å². The molecule has 35 heavy (non-hydrogen) atoms. The number of carbonyl (C=O) groups excluding carboxylic acids is 2. The molecule has 1 heterocycles. The fourth-order valence-electron chi connectivity index (χ4n) is 3.54. The van der Waals surface area contributed by atoms with Crippen molar-refractivity contribution in [2.24, 2.45) is 16.5 Å². The molecule has 1 unspecified atom stereocenters. The average Bonchev–Trinajstić information content (AvgIpc) is 2.76. The van der Waals surface area contributed by atoms with Gasteiger partial charge in [0.05, 0.1) is 29.8 Å². The highest BCUT2D eigenvalue weighted by Crippen LogP contribution is 2.35. The van der Waals surface area contributed by atoms with E-state index in [9.17, 15) is 24.3 Å². The van der Waals surface area contributed by atoms with Crippen LogP contribution in [0.5, 0.6) is 11.5 Å². The van der Waals surface area contributed by atoms with E-state index in [4.69, 9.17) is 26.0 Å². The Bertz CT molecular complexity index is 1220. The van der Waals surface area contributed by atoms with Crippen molar-refractivity contribution in [1.82, 2.24) is 5.32 Å². The number of nitrogens with one attached hydrogen (secondary N) is 1. The number of carbonyl (C=O) groups is 4. The molecule has 0 fully saturated rings. The standard InChI is InChI=1S/C23H24N4O8/c1-11-7-15(20(30)27-16(21(31)32)10-18(28)29)19-17(8-11)35-22(33)14-5-4-13(26-23(24)25)9-12(14)3-2-6-34-19/h4-5,7-9,16H,2-3,6,10H2,1H3,(H,27,30)(H,28,29)(H,31,32)(H4,24,25,26). The number of carboxylic acids is 2. The van der Waals surface area contributed by atoms with E-state index in [1.54, 1.807) is 19.1 Å². The van der Waals surface area contributed by atoms with Gasteiger partial charge in [0.2, 0.25) is 0 Å². The van der Waals surface area contributed by atoms with Gasteiger partial charge in [0, 0.05) is 0 Å². The summed E-state index contributed by atoms with van der Waals surface area (Å²) in [6, 6.07) is 6.04. The van der Waals surface area contributed by atoms with E-state index >= 15 is 0 Å². The van der Waals surface area contributed by atoms with E-state index in [0.29, 0.717) is 29.7 Å². The Kier molecular flexibility index (Phi) is 7.54. The van der Waals surface area contributed by atoms with Gasteiger partial charge in [0.1, 0.15) is 6.04 Å². The normalized spacial score (nSPS) is 13.7. The number of hydrogen-bond acceptors (Lipinski definition) is 7. The molecule has 1 atom stereocenters. The van der Waals surface area contributed by atoms with E-state index in [0.717, 1.165) is 0 Å². The SMILES string of the molecule is Cc1cc2c(c(C(=O)NC(CC(=O)O)C(=O)O)c1)OCCCc1cc(N=C(N)N)ccc1C(=O)O2. The third-order valence-electron chi connectivity index (χ3n) is 5.03. The van der Waals surface area contributed by atoms with Crippen LogP contribution in [0.2, 0.25) is 0 Å². The van der Waals surface area contributed by atoms with Crippen LogP contribution in [0, 0.1) is 6.92 Å². The maximum atomic E-state index is 13.0. The van der Waals surface area contributed by atoms with Crippen LogP contribution in [0.4, 0.5) is 5.69 Å². The second kappa shape index (κ2) is 10.5. The van der Waals surface area contributed by atoms with E-state index in [1.165, 1.54) is 18.2 Å². The van der Waals surface area contributed by atoms with Crippen molar-refractivity contribution in [1.29, 1.82) is 0 Å². The van der Waals surface area contributed by atoms with Gasteiger partial charge in [0.25, 0.3) is 5.91 Å². The summed E-state index contributed by atoms with van der Waals surface area (Å²) in [4.78, 5) is 52.2. The summed E-state index contributed by atoms with van der Waals surface area (Å²) in [7, 11) is 0. The fraction of sp³-hybridized carbons (Fsp3) is 0.261. The molecule has 0 radical (unpaired) electrons. The first-order valence-electron chi connectivity index (χ1n) is 10.5. The Labute approximate surface area is 199 Å². The molecule has 0 aromatic heterocycles. The van der Waals surface area contributed by atoms with Gasteiger partial charge in [-0.05, 0) is 61.2 Å². The van der Waals surface area contributed by atoms with Gasteiger partial charge in [-0.2, -0.15) is 0 Å². The van der Waals surface area contributed by atoms with E-state index in [-0.39, 0.29) is 35.2 Å². The average molecular weight is 484 g/mol. The van der Waals surface area contributed by atoms with Crippen molar-refractivity contribution in [2.45, 2.75) is 32.2 Å². The molecule has 0 spiro atoms. The number of fused-ring (bicyclic) bond motifs is 2. The highest BCUT2D eigenvalue weighted by molar-refractivity contribution is 6.01. The summed E-state index contributed by atoms with van der Waals surface area (Å²) >= 11 is 0. The number of aliphatic carboxylic acids is 2. The smallest absolute Gasteiger partial charge is 0.343 e. The molecule has 1 aliphatic heterocycles. The number of benzene rings is 2. The van der Waals surface area contributed by atoms with Crippen molar-refractivity contribution < 1.29 is 38.9 Å². The zero-order valence-electron chi connectivity index (χ0n) is 18.7. The Balaban J connectivity index is 1.98. The third kappa shape index (κ3) is 6.25. The number of aliphatic imine (C=N–C) groups is 1. The minimum absolute atomic E-state index is 0.0357. The summed E-state index contributed by atoms with van der Waals surface area (Å²) in [5, 5.41) is 20.4. The van der Waals surface area contributed by atoms with Gasteiger partial charge in [-0.15, -0.1) is 0 Å². The zero-order valence-corrected chi connectivity index (χ0v) is 18.7. The Morgan fingerprint density at radius 1 is 1.17 bits per heavy atom. The fourth-order valence-corrected chi connectivity index (χ4v) is 3.54. The molecule has 7 N–H and O–H groups in total. The largest absolute Gasteiger partial charge is 0.489 e. The van der Waals surface area contributed by atoms with Crippen LogP contribution >= 0.6 is 0 Å². The molecular weight excluding hydrogens is 460 g/mol. The lowest BCUT2D eigenvalue weighted by Gasteiger charge is -2.20. The molecular formula is C23H24N4O8. The second-order valence-electron chi connectivity index (χ2n) is 7.82. The lowest BCUT2D eigenvalue weighted by Crippen LogP contribution is -2.42. The van der Waals surface area contributed by atoms with Gasteiger partial charge >= 0.3 is 17.9 Å². The van der Waals surface area contributed by atoms with Crippen LogP contribution in [0.25, 0.3) is 0 Å². The molecule has 1 amide bonds. The first kappa shape index (κ1) is 25.0. The first-order chi connectivity index (χ1) is 16.5. The van der Waals surface area contributed by atoms with Crippen LogP contribution in [-0.2, 0) is 16.0 Å². The number of esters is 1. The number of guanidine groups is 1. The van der Waals surface area contributed by atoms with Gasteiger partial charge in [0.15, 0.2) is 17.5 Å². The predicted molar refractivity (Wildman–Crippen MR) is 123 cm³/mol. The quantitative estimate of drug-likeness (QED) is 0.171. The molecule has 0 saturated carbocycles. The van der Waals surface area contributed by atoms with Gasteiger partial charge in [-0.1, -0.05) is 0 Å². The Morgan fingerprint density at radius 3 is 2.57 bits per heavy atom. The first-order valence-corrected chi connectivity index (χ1v) is 10.5. The van der Waals surface area contributed by atoms with Crippen molar-refractivity contribution in [3.8, 4) is 11.5 Å². The van der Waals surface area contributed by atoms with Crippen molar-refractivity contribution in [3.05, 3.63) is 52.6 Å². The molecule has 1 aliphatic rings. The third-order valence-corrected chi connectivity index (χ3v) is 5.03. The number of ether oxygens (including phenoxy) is 2. The lowest BCUT2D eigenvalue weighted by molar-refractivity contribution is -0.145. The van der Waals surface area contributed by atoms with E-state index < -0.39 is 36.3 Å². The zero-order chi connectivity index (χ0) is 25.7. The molecule has 2 aromatic carbocycles. The Hall–Kier alpha value is -4.61.